The summed E-state index contributed by atoms with van der Waals surface area (Å²) in [5.41, 5.74) is 16.2. The number of nitrogens with zero attached hydrogens (tertiary/aromatic N) is 1. The lowest BCUT2D eigenvalue weighted by Gasteiger charge is -2.34. The van der Waals surface area contributed by atoms with Gasteiger partial charge < -0.3 is 4.90 Å². The molecule has 0 radical (unpaired) electrons. The Morgan fingerprint density at radius 2 is 0.824 bits per heavy atom. The van der Waals surface area contributed by atoms with Gasteiger partial charge >= 0.3 is 0 Å². The number of hydrogen-bond acceptors (Lipinski definition) is 1. The Balaban J connectivity index is 1.15. The molecule has 0 saturated heterocycles. The molecule has 0 bridgehead atoms. The first kappa shape index (κ1) is 29.7. The van der Waals surface area contributed by atoms with E-state index in [1.807, 2.05) is 0 Å². The van der Waals surface area contributed by atoms with Crippen LogP contribution in [0.15, 0.2) is 188 Å². The zero-order valence-corrected chi connectivity index (χ0v) is 28.8. The van der Waals surface area contributed by atoms with E-state index in [0.29, 0.717) is 0 Å². The molecule has 0 unspecified atom stereocenters. The van der Waals surface area contributed by atoms with Crippen molar-refractivity contribution in [2.24, 2.45) is 0 Å². The summed E-state index contributed by atoms with van der Waals surface area (Å²) in [7, 11) is 0. The van der Waals surface area contributed by atoms with Crippen molar-refractivity contribution in [1.82, 2.24) is 0 Å². The van der Waals surface area contributed by atoms with Crippen LogP contribution in [0.3, 0.4) is 0 Å². The summed E-state index contributed by atoms with van der Waals surface area (Å²) in [6.07, 6.45) is 0. The van der Waals surface area contributed by atoms with Gasteiger partial charge in [-0.15, -0.1) is 0 Å². The highest BCUT2D eigenvalue weighted by atomic mass is 15.1. The minimum atomic E-state index is -0.420. The first-order valence-electron chi connectivity index (χ1n) is 17.9. The summed E-state index contributed by atoms with van der Waals surface area (Å²) in [4.78, 5) is 2.40. The molecule has 2 aliphatic rings. The fourth-order valence-electron chi connectivity index (χ4n) is 9.16. The molecule has 8 aromatic rings. The van der Waals surface area contributed by atoms with E-state index in [1.165, 1.54) is 66.4 Å². The van der Waals surface area contributed by atoms with E-state index < -0.39 is 5.41 Å². The highest BCUT2D eigenvalue weighted by molar-refractivity contribution is 5.95. The van der Waals surface area contributed by atoms with E-state index in [2.05, 4.69) is 207 Å². The van der Waals surface area contributed by atoms with Gasteiger partial charge in [-0.05, 0) is 115 Å². The molecule has 51 heavy (non-hydrogen) atoms. The zero-order chi connectivity index (χ0) is 34.2. The van der Waals surface area contributed by atoms with Crippen molar-refractivity contribution in [3.8, 4) is 22.3 Å². The summed E-state index contributed by atoms with van der Waals surface area (Å²) >= 11 is 0. The molecule has 0 spiro atoms. The van der Waals surface area contributed by atoms with E-state index in [9.17, 15) is 0 Å². The van der Waals surface area contributed by atoms with Crippen molar-refractivity contribution < 1.29 is 0 Å². The van der Waals surface area contributed by atoms with Gasteiger partial charge in [-0.1, -0.05) is 153 Å². The van der Waals surface area contributed by atoms with Gasteiger partial charge in [-0.25, -0.2) is 0 Å². The third-order valence-electron chi connectivity index (χ3n) is 11.5. The smallest absolute Gasteiger partial charge is 0.0713 e. The minimum Gasteiger partial charge on any atom is -0.310 e. The number of hydrogen-bond donors (Lipinski definition) is 0. The third kappa shape index (κ3) is 4.28. The van der Waals surface area contributed by atoms with Crippen LogP contribution in [-0.2, 0) is 10.8 Å². The van der Waals surface area contributed by atoms with Crippen molar-refractivity contribution in [3.63, 3.8) is 0 Å². The Morgan fingerprint density at radius 1 is 0.333 bits per heavy atom. The molecule has 0 heterocycles. The van der Waals surface area contributed by atoms with E-state index in [4.69, 9.17) is 0 Å². The Hall–Kier alpha value is -6.18. The summed E-state index contributed by atoms with van der Waals surface area (Å²) < 4.78 is 0. The molecule has 1 heteroatoms. The minimum absolute atomic E-state index is 0.0773. The van der Waals surface area contributed by atoms with Crippen LogP contribution in [0.5, 0.6) is 0 Å². The number of para-hydroxylation sites is 1. The summed E-state index contributed by atoms with van der Waals surface area (Å²) in [6.45, 7) is 4.73. The zero-order valence-electron chi connectivity index (χ0n) is 28.8. The van der Waals surface area contributed by atoms with Crippen molar-refractivity contribution >= 4 is 27.8 Å². The van der Waals surface area contributed by atoms with Gasteiger partial charge in [-0.3, -0.25) is 0 Å². The monoisotopic (exact) mass is 651 g/mol. The van der Waals surface area contributed by atoms with Crippen LogP contribution in [0.1, 0.15) is 47.2 Å². The van der Waals surface area contributed by atoms with Gasteiger partial charge in [-0.2, -0.15) is 0 Å². The number of rotatable bonds is 5. The molecule has 0 saturated carbocycles. The molecule has 8 aromatic carbocycles. The number of anilines is 3. The summed E-state index contributed by atoms with van der Waals surface area (Å²) in [5, 5.41) is 2.58. The molecule has 0 amide bonds. The van der Waals surface area contributed by atoms with Gasteiger partial charge in [0.15, 0.2) is 0 Å². The molecule has 0 aromatic heterocycles. The van der Waals surface area contributed by atoms with Crippen molar-refractivity contribution in [2.45, 2.75) is 24.7 Å². The Morgan fingerprint density at radius 3 is 1.49 bits per heavy atom. The predicted molar refractivity (Wildman–Crippen MR) is 213 cm³/mol. The molecule has 1 nitrogen and oxygen atoms in total. The topological polar surface area (TPSA) is 3.24 Å². The highest BCUT2D eigenvalue weighted by Gasteiger charge is 2.46. The second-order valence-corrected chi connectivity index (χ2v) is 14.5. The molecular formula is C50H37N. The lowest BCUT2D eigenvalue weighted by Crippen LogP contribution is -2.28. The van der Waals surface area contributed by atoms with Crippen LogP contribution >= 0.6 is 0 Å². The summed E-state index contributed by atoms with van der Waals surface area (Å²) in [6, 6.07) is 69.6. The molecule has 0 fully saturated rings. The van der Waals surface area contributed by atoms with Crippen LogP contribution in [0, 0.1) is 0 Å². The second kappa shape index (κ2) is 11.2. The van der Waals surface area contributed by atoms with Crippen LogP contribution in [0.25, 0.3) is 33.0 Å². The number of benzene rings is 8. The van der Waals surface area contributed by atoms with Gasteiger partial charge in [0, 0.05) is 22.5 Å². The maximum atomic E-state index is 2.41. The summed E-state index contributed by atoms with van der Waals surface area (Å²) in [5.74, 6) is 0. The lowest BCUT2D eigenvalue weighted by atomic mass is 9.68. The van der Waals surface area contributed by atoms with E-state index in [1.54, 1.807) is 0 Å². The highest BCUT2D eigenvalue weighted by Crippen LogP contribution is 2.56. The maximum Gasteiger partial charge on any atom is 0.0713 e. The lowest BCUT2D eigenvalue weighted by molar-refractivity contribution is 0.661. The maximum absolute atomic E-state index is 2.41. The van der Waals surface area contributed by atoms with Gasteiger partial charge in [0.1, 0.15) is 0 Å². The molecule has 0 N–H and O–H groups in total. The number of fused-ring (bicyclic) bond motifs is 7. The molecule has 2 aliphatic carbocycles. The fourth-order valence-corrected chi connectivity index (χ4v) is 9.16. The Labute approximate surface area is 300 Å². The average molecular weight is 652 g/mol. The largest absolute Gasteiger partial charge is 0.310 e. The first-order valence-corrected chi connectivity index (χ1v) is 17.9. The predicted octanol–water partition coefficient (Wildman–Crippen LogP) is 13.0. The molecule has 0 aliphatic heterocycles. The normalized spacial score (nSPS) is 14.4. The molecule has 242 valence electrons. The third-order valence-corrected chi connectivity index (χ3v) is 11.5. The van der Waals surface area contributed by atoms with Crippen molar-refractivity contribution in [3.05, 3.63) is 221 Å². The Bertz CT molecular complexity index is 2550. The van der Waals surface area contributed by atoms with E-state index in [-0.39, 0.29) is 5.41 Å². The van der Waals surface area contributed by atoms with Crippen molar-refractivity contribution in [2.75, 3.05) is 4.90 Å². The fraction of sp³-hybridized carbons (Fsp3) is 0.0800. The van der Waals surface area contributed by atoms with Crippen LogP contribution < -0.4 is 4.90 Å². The molecular weight excluding hydrogens is 615 g/mol. The van der Waals surface area contributed by atoms with Crippen LogP contribution in [-0.4, -0.2) is 0 Å². The molecule has 10 rings (SSSR count). The van der Waals surface area contributed by atoms with Crippen LogP contribution in [0.4, 0.5) is 17.1 Å². The van der Waals surface area contributed by atoms with Gasteiger partial charge in [0.05, 0.1) is 5.41 Å². The standard InChI is InChI=1S/C50H37N/c1-49(2)45-30-29-40(33-44(45)43-31-34-15-9-10-16-35(34)32-48(43)49)51(38-19-7-4-8-20-38)39-27-25-37(26-28-39)50(36-17-5-3-6-18-36)46-23-13-11-21-41(46)42-22-12-14-24-47(42)50/h3-33H,1-2H3. The Kier molecular flexibility index (Phi) is 6.51. The van der Waals surface area contributed by atoms with Gasteiger partial charge in [0.25, 0.3) is 0 Å². The van der Waals surface area contributed by atoms with Crippen LogP contribution in [0.2, 0.25) is 0 Å². The first-order chi connectivity index (χ1) is 25.0. The second-order valence-electron chi connectivity index (χ2n) is 14.5. The quantitative estimate of drug-likeness (QED) is 0.179. The van der Waals surface area contributed by atoms with E-state index >= 15 is 0 Å². The SMILES string of the molecule is CC1(C)c2ccc(N(c3ccccc3)c3ccc(C4(c5ccccc5)c5ccccc5-c5ccccc54)cc3)cc2-c2cc3ccccc3cc21. The molecule has 0 atom stereocenters. The average Bonchev–Trinajstić information content (AvgIpc) is 3.61. The van der Waals surface area contributed by atoms with Gasteiger partial charge in [0.2, 0.25) is 0 Å². The van der Waals surface area contributed by atoms with Crippen molar-refractivity contribution in [1.29, 1.82) is 0 Å². The van der Waals surface area contributed by atoms with E-state index in [0.717, 1.165) is 17.1 Å².